The molecule has 0 spiro atoms. The fourth-order valence-electron chi connectivity index (χ4n) is 2.61. The average Bonchev–Trinajstić information content (AvgIpc) is 2.73. The molecule has 2 aliphatic rings. The van der Waals surface area contributed by atoms with E-state index in [4.69, 9.17) is 0 Å². The van der Waals surface area contributed by atoms with Gasteiger partial charge in [0.1, 0.15) is 0 Å². The number of carbonyl (C=O) groups is 1. The summed E-state index contributed by atoms with van der Waals surface area (Å²) in [5.41, 5.74) is 0. The Balaban J connectivity index is 1.83. The summed E-state index contributed by atoms with van der Waals surface area (Å²) in [7, 11) is 0. The molecule has 1 fully saturated rings. The van der Waals surface area contributed by atoms with E-state index in [2.05, 4.69) is 12.1 Å². The molecule has 0 saturated heterocycles. The van der Waals surface area contributed by atoms with Crippen LogP contribution in [0.1, 0.15) is 19.3 Å². The van der Waals surface area contributed by atoms with Crippen LogP contribution in [-0.2, 0) is 4.79 Å². The van der Waals surface area contributed by atoms with Gasteiger partial charge in [-0.05, 0) is 48.3 Å². The molecule has 0 amide bonds. The lowest BCUT2D eigenvalue weighted by Gasteiger charge is -2.19. The zero-order valence-electron chi connectivity index (χ0n) is 9.06. The SMILES string of the molecule is O=C1C=C(Sc2ccccc2)C2CCC1C2. The molecule has 2 heteroatoms. The van der Waals surface area contributed by atoms with Crippen molar-refractivity contribution in [2.24, 2.45) is 11.8 Å². The van der Waals surface area contributed by atoms with Gasteiger partial charge >= 0.3 is 0 Å². The number of hydrogen-bond acceptors (Lipinski definition) is 2. The van der Waals surface area contributed by atoms with Gasteiger partial charge in [-0.3, -0.25) is 4.79 Å². The molecule has 0 radical (unpaired) electrons. The van der Waals surface area contributed by atoms with Crippen LogP contribution in [0.4, 0.5) is 0 Å². The highest BCUT2D eigenvalue weighted by atomic mass is 32.2. The zero-order valence-corrected chi connectivity index (χ0v) is 9.87. The van der Waals surface area contributed by atoms with Crippen molar-refractivity contribution in [3.05, 3.63) is 41.3 Å². The van der Waals surface area contributed by atoms with E-state index in [1.54, 1.807) is 11.8 Å². The standard InChI is InChI=1S/C14H14OS/c15-13-9-14(11-7-6-10(13)8-11)16-12-4-2-1-3-5-12/h1-5,9-11H,6-8H2. The first-order valence-corrected chi connectivity index (χ1v) is 6.63. The predicted octanol–water partition coefficient (Wildman–Crippen LogP) is 3.66. The quantitative estimate of drug-likeness (QED) is 0.771. The largest absolute Gasteiger partial charge is 0.295 e. The Morgan fingerprint density at radius 1 is 1.06 bits per heavy atom. The summed E-state index contributed by atoms with van der Waals surface area (Å²) in [6, 6.07) is 10.3. The van der Waals surface area contributed by atoms with Gasteiger partial charge in [0.25, 0.3) is 0 Å². The number of benzene rings is 1. The third-order valence-electron chi connectivity index (χ3n) is 3.50. The molecule has 2 bridgehead atoms. The van der Waals surface area contributed by atoms with Crippen molar-refractivity contribution < 1.29 is 4.79 Å². The van der Waals surface area contributed by atoms with Crippen LogP contribution >= 0.6 is 11.8 Å². The zero-order chi connectivity index (χ0) is 11.0. The van der Waals surface area contributed by atoms with Gasteiger partial charge in [-0.2, -0.15) is 0 Å². The first-order chi connectivity index (χ1) is 7.83. The van der Waals surface area contributed by atoms with Crippen molar-refractivity contribution in [1.29, 1.82) is 0 Å². The molecular formula is C14H14OS. The molecule has 0 N–H and O–H groups in total. The number of hydrogen-bond donors (Lipinski definition) is 0. The molecule has 3 rings (SSSR count). The van der Waals surface area contributed by atoms with Gasteiger partial charge in [0, 0.05) is 10.8 Å². The minimum atomic E-state index is 0.338. The van der Waals surface area contributed by atoms with E-state index >= 15 is 0 Å². The summed E-state index contributed by atoms with van der Waals surface area (Å²) in [6.07, 6.45) is 5.27. The number of thioether (sulfide) groups is 1. The monoisotopic (exact) mass is 230 g/mol. The van der Waals surface area contributed by atoms with Crippen LogP contribution in [-0.4, -0.2) is 5.78 Å². The highest BCUT2D eigenvalue weighted by Crippen LogP contribution is 2.46. The van der Waals surface area contributed by atoms with Gasteiger partial charge in [0.05, 0.1) is 0 Å². The van der Waals surface area contributed by atoms with Crippen LogP contribution in [0.15, 0.2) is 46.2 Å². The van der Waals surface area contributed by atoms with Crippen molar-refractivity contribution in [2.45, 2.75) is 24.2 Å². The molecule has 1 nitrogen and oxygen atoms in total. The number of ketones is 1. The topological polar surface area (TPSA) is 17.1 Å². The minimum Gasteiger partial charge on any atom is -0.295 e. The minimum absolute atomic E-state index is 0.338. The number of fused-ring (bicyclic) bond motifs is 2. The van der Waals surface area contributed by atoms with Crippen LogP contribution in [0.5, 0.6) is 0 Å². The Labute approximate surface area is 99.9 Å². The van der Waals surface area contributed by atoms with E-state index in [-0.39, 0.29) is 0 Å². The lowest BCUT2D eigenvalue weighted by Crippen LogP contribution is -2.14. The van der Waals surface area contributed by atoms with Gasteiger partial charge < -0.3 is 0 Å². The van der Waals surface area contributed by atoms with Gasteiger partial charge in [0.2, 0.25) is 0 Å². The van der Waals surface area contributed by atoms with Gasteiger partial charge in [-0.15, -0.1) is 0 Å². The normalized spacial score (nSPS) is 28.0. The third-order valence-corrected chi connectivity index (χ3v) is 4.70. The van der Waals surface area contributed by atoms with Crippen LogP contribution in [0, 0.1) is 11.8 Å². The summed E-state index contributed by atoms with van der Waals surface area (Å²) in [5.74, 6) is 1.34. The third kappa shape index (κ3) is 1.82. The molecule has 0 aliphatic heterocycles. The smallest absolute Gasteiger partial charge is 0.159 e. The van der Waals surface area contributed by atoms with Gasteiger partial charge in [-0.1, -0.05) is 30.0 Å². The number of carbonyl (C=O) groups excluding carboxylic acids is 1. The molecule has 1 aromatic carbocycles. The molecule has 2 atom stereocenters. The fraction of sp³-hybridized carbons (Fsp3) is 0.357. The Hall–Kier alpha value is -1.02. The Morgan fingerprint density at radius 3 is 2.62 bits per heavy atom. The van der Waals surface area contributed by atoms with E-state index in [1.165, 1.54) is 16.2 Å². The fourth-order valence-corrected chi connectivity index (χ4v) is 3.73. The highest BCUT2D eigenvalue weighted by molar-refractivity contribution is 8.03. The molecule has 16 heavy (non-hydrogen) atoms. The second-order valence-electron chi connectivity index (χ2n) is 4.57. The molecule has 82 valence electrons. The van der Waals surface area contributed by atoms with Gasteiger partial charge in [-0.25, -0.2) is 0 Å². The molecular weight excluding hydrogens is 216 g/mol. The van der Waals surface area contributed by atoms with Crippen molar-refractivity contribution in [2.75, 3.05) is 0 Å². The van der Waals surface area contributed by atoms with E-state index in [0.717, 1.165) is 12.8 Å². The van der Waals surface area contributed by atoms with Gasteiger partial charge in [0.15, 0.2) is 5.78 Å². The Kier molecular flexibility index (Phi) is 2.60. The summed E-state index contributed by atoms with van der Waals surface area (Å²) >= 11 is 1.77. The Bertz CT molecular complexity index is 435. The summed E-state index contributed by atoms with van der Waals surface area (Å²) in [5, 5.41) is 0. The molecule has 1 aromatic rings. The maximum atomic E-state index is 11.8. The van der Waals surface area contributed by atoms with Crippen LogP contribution in [0.2, 0.25) is 0 Å². The lowest BCUT2D eigenvalue weighted by molar-refractivity contribution is -0.118. The number of rotatable bonds is 2. The molecule has 2 unspecified atom stereocenters. The predicted molar refractivity (Wildman–Crippen MR) is 66.2 cm³/mol. The average molecular weight is 230 g/mol. The second-order valence-corrected chi connectivity index (χ2v) is 5.72. The maximum absolute atomic E-state index is 11.8. The van der Waals surface area contributed by atoms with Crippen LogP contribution in [0.3, 0.4) is 0 Å². The van der Waals surface area contributed by atoms with Crippen LogP contribution < -0.4 is 0 Å². The van der Waals surface area contributed by atoms with E-state index < -0.39 is 0 Å². The van der Waals surface area contributed by atoms with Crippen molar-refractivity contribution in [1.82, 2.24) is 0 Å². The Morgan fingerprint density at radius 2 is 1.81 bits per heavy atom. The van der Waals surface area contributed by atoms with Crippen LogP contribution in [0.25, 0.3) is 0 Å². The molecule has 1 saturated carbocycles. The molecule has 2 aliphatic carbocycles. The van der Waals surface area contributed by atoms with E-state index in [0.29, 0.717) is 17.6 Å². The first-order valence-electron chi connectivity index (χ1n) is 5.81. The lowest BCUT2D eigenvalue weighted by atomic mass is 9.94. The van der Waals surface area contributed by atoms with E-state index in [9.17, 15) is 4.79 Å². The molecule has 0 heterocycles. The first kappa shape index (κ1) is 10.2. The highest BCUT2D eigenvalue weighted by Gasteiger charge is 2.35. The molecule has 0 aromatic heterocycles. The second kappa shape index (κ2) is 4.10. The maximum Gasteiger partial charge on any atom is 0.159 e. The summed E-state index contributed by atoms with van der Waals surface area (Å²) < 4.78 is 0. The number of allylic oxidation sites excluding steroid dienone is 2. The summed E-state index contributed by atoms with van der Waals surface area (Å²) in [6.45, 7) is 0. The van der Waals surface area contributed by atoms with Crippen molar-refractivity contribution in [3.63, 3.8) is 0 Å². The summed E-state index contributed by atoms with van der Waals surface area (Å²) in [4.78, 5) is 14.3. The van der Waals surface area contributed by atoms with Crippen molar-refractivity contribution in [3.8, 4) is 0 Å². The van der Waals surface area contributed by atoms with Crippen molar-refractivity contribution >= 4 is 17.5 Å². The van der Waals surface area contributed by atoms with E-state index in [1.807, 2.05) is 24.3 Å².